The fourth-order valence-corrected chi connectivity index (χ4v) is 8.67. The Bertz CT molecular complexity index is 3290. The molecule has 5 nitrogen and oxygen atoms in total. The average Bonchev–Trinajstić information content (AvgIpc) is 3.83. The molecule has 0 aliphatic heterocycles. The maximum absolute atomic E-state index is 9.38. The lowest BCUT2D eigenvalue weighted by molar-refractivity contribution is 1.18. The molecule has 0 amide bonds. The molecule has 8 aromatic carbocycles. The van der Waals surface area contributed by atoms with Gasteiger partial charge in [-0.05, 0) is 131 Å². The average molecular weight is 764 g/mol. The Morgan fingerprint density at radius 2 is 0.650 bits per heavy atom. The zero-order valence-corrected chi connectivity index (χ0v) is 32.3. The van der Waals surface area contributed by atoms with E-state index >= 15 is 0 Å². The van der Waals surface area contributed by atoms with Crippen molar-refractivity contribution in [1.29, 1.82) is 10.5 Å². The molecule has 278 valence electrons. The van der Waals surface area contributed by atoms with Crippen LogP contribution in [0.15, 0.2) is 200 Å². The number of rotatable bonds is 6. The maximum Gasteiger partial charge on any atom is 0.0991 e. The number of nitriles is 2. The number of hydrogen-bond donors (Lipinski definition) is 0. The first kappa shape index (κ1) is 34.7. The molecule has 0 saturated heterocycles. The van der Waals surface area contributed by atoms with Crippen molar-refractivity contribution in [3.63, 3.8) is 0 Å². The third-order valence-electron chi connectivity index (χ3n) is 11.6. The van der Waals surface area contributed by atoms with Crippen LogP contribution in [0.25, 0.3) is 99.8 Å². The van der Waals surface area contributed by atoms with Crippen molar-refractivity contribution in [3.8, 4) is 68.3 Å². The largest absolute Gasteiger partial charge is 0.309 e. The second-order valence-electron chi connectivity index (χ2n) is 15.1. The number of fused-ring (bicyclic) bond motifs is 6. The lowest BCUT2D eigenvalue weighted by atomic mass is 10.00. The van der Waals surface area contributed by atoms with E-state index in [0.29, 0.717) is 11.1 Å². The van der Waals surface area contributed by atoms with Crippen LogP contribution in [0, 0.1) is 22.7 Å². The van der Waals surface area contributed by atoms with Crippen LogP contribution < -0.4 is 0 Å². The van der Waals surface area contributed by atoms with Gasteiger partial charge < -0.3 is 9.13 Å². The van der Waals surface area contributed by atoms with E-state index in [0.717, 1.165) is 99.8 Å². The molecule has 3 heterocycles. The lowest BCUT2D eigenvalue weighted by Crippen LogP contribution is -1.93. The highest BCUT2D eigenvalue weighted by molar-refractivity contribution is 6.13. The van der Waals surface area contributed by atoms with Crippen LogP contribution in [0.1, 0.15) is 11.1 Å². The minimum Gasteiger partial charge on any atom is -0.309 e. The van der Waals surface area contributed by atoms with Gasteiger partial charge in [0.2, 0.25) is 0 Å². The second-order valence-corrected chi connectivity index (χ2v) is 15.1. The van der Waals surface area contributed by atoms with E-state index in [9.17, 15) is 10.5 Å². The smallest absolute Gasteiger partial charge is 0.0991 e. The summed E-state index contributed by atoms with van der Waals surface area (Å²) >= 11 is 0. The molecule has 0 bridgehead atoms. The molecular formula is C55H33N5. The van der Waals surface area contributed by atoms with Crippen molar-refractivity contribution in [2.75, 3.05) is 0 Å². The first-order chi connectivity index (χ1) is 29.6. The van der Waals surface area contributed by atoms with Crippen LogP contribution in [0.2, 0.25) is 0 Å². The molecule has 0 atom stereocenters. The van der Waals surface area contributed by atoms with Gasteiger partial charge >= 0.3 is 0 Å². The van der Waals surface area contributed by atoms with Crippen LogP contribution in [0.5, 0.6) is 0 Å². The zero-order chi connectivity index (χ0) is 40.2. The van der Waals surface area contributed by atoms with E-state index < -0.39 is 0 Å². The SMILES string of the molecule is N#Cc1ccc(-c2ccc3c(c2)c2cc(-c4cccc(-c5ccc6c(c5)c5cc(-c7ccc(C#N)cc7)ccc5n6-c5ccccc5)n4)ccc2n3-c2ccccc2)cc1. The van der Waals surface area contributed by atoms with Crippen LogP contribution in [0.3, 0.4) is 0 Å². The Morgan fingerprint density at radius 1 is 0.317 bits per heavy atom. The first-order valence-corrected chi connectivity index (χ1v) is 19.9. The summed E-state index contributed by atoms with van der Waals surface area (Å²) in [7, 11) is 0. The van der Waals surface area contributed by atoms with E-state index in [1.54, 1.807) is 0 Å². The van der Waals surface area contributed by atoms with Gasteiger partial charge in [0, 0.05) is 44.0 Å². The van der Waals surface area contributed by atoms with Gasteiger partial charge in [0.25, 0.3) is 0 Å². The summed E-state index contributed by atoms with van der Waals surface area (Å²) in [4.78, 5) is 5.31. The number of hydrogen-bond acceptors (Lipinski definition) is 3. The van der Waals surface area contributed by atoms with Crippen LogP contribution in [-0.4, -0.2) is 14.1 Å². The van der Waals surface area contributed by atoms with Crippen LogP contribution in [0.4, 0.5) is 0 Å². The minimum absolute atomic E-state index is 0.646. The fourth-order valence-electron chi connectivity index (χ4n) is 8.67. The van der Waals surface area contributed by atoms with Crippen molar-refractivity contribution in [3.05, 3.63) is 211 Å². The summed E-state index contributed by atoms with van der Waals surface area (Å²) < 4.78 is 4.66. The third-order valence-corrected chi connectivity index (χ3v) is 11.6. The first-order valence-electron chi connectivity index (χ1n) is 19.9. The van der Waals surface area contributed by atoms with E-state index in [1.807, 2.05) is 60.7 Å². The lowest BCUT2D eigenvalue weighted by Gasteiger charge is -2.09. The highest BCUT2D eigenvalue weighted by atomic mass is 15.0. The van der Waals surface area contributed by atoms with Gasteiger partial charge in [0.05, 0.1) is 56.7 Å². The number of benzene rings is 8. The van der Waals surface area contributed by atoms with Gasteiger partial charge in [-0.1, -0.05) is 91.0 Å². The molecule has 3 aromatic heterocycles. The molecule has 0 aliphatic carbocycles. The summed E-state index contributed by atoms with van der Waals surface area (Å²) in [6.45, 7) is 0. The molecule has 0 unspecified atom stereocenters. The molecule has 5 heteroatoms. The molecule has 11 rings (SSSR count). The van der Waals surface area contributed by atoms with Crippen molar-refractivity contribution in [2.45, 2.75) is 0 Å². The monoisotopic (exact) mass is 763 g/mol. The Kier molecular flexibility index (Phi) is 8.19. The van der Waals surface area contributed by atoms with Gasteiger partial charge in [-0.15, -0.1) is 0 Å². The molecule has 0 radical (unpaired) electrons. The topological polar surface area (TPSA) is 70.3 Å². The molecule has 60 heavy (non-hydrogen) atoms. The number of para-hydroxylation sites is 2. The standard InChI is InChI=1S/C55H33N5/c56-34-36-14-18-38(19-15-36)40-22-26-52-46(30-40)48-32-42(24-28-54(48)59(52)44-8-3-1-4-9-44)50-12-7-13-51(58-50)43-25-29-55-49(33-43)47-31-41(39-20-16-37(35-57)17-21-39)23-27-53(47)60(55)45-10-5-2-6-11-45/h1-33H. The predicted molar refractivity (Wildman–Crippen MR) is 244 cm³/mol. The Morgan fingerprint density at radius 3 is 1.02 bits per heavy atom. The Hall–Kier alpha value is -8.51. The molecule has 11 aromatic rings. The summed E-state index contributed by atoms with van der Waals surface area (Å²) in [6.07, 6.45) is 0. The number of aromatic nitrogens is 3. The van der Waals surface area contributed by atoms with Crippen molar-refractivity contribution >= 4 is 43.6 Å². The summed E-state index contributed by atoms with van der Waals surface area (Å²) in [5.41, 5.74) is 16.2. The summed E-state index contributed by atoms with van der Waals surface area (Å²) in [6, 6.07) is 73.9. The molecule has 0 N–H and O–H groups in total. The number of pyridine rings is 1. The van der Waals surface area contributed by atoms with Gasteiger partial charge in [-0.25, -0.2) is 4.98 Å². The van der Waals surface area contributed by atoms with E-state index in [-0.39, 0.29) is 0 Å². The molecule has 0 fully saturated rings. The van der Waals surface area contributed by atoms with Crippen molar-refractivity contribution < 1.29 is 0 Å². The van der Waals surface area contributed by atoms with Crippen molar-refractivity contribution in [2.24, 2.45) is 0 Å². The second kappa shape index (κ2) is 14.1. The highest BCUT2D eigenvalue weighted by Gasteiger charge is 2.18. The van der Waals surface area contributed by atoms with Gasteiger partial charge in [0.1, 0.15) is 0 Å². The van der Waals surface area contributed by atoms with Crippen LogP contribution in [-0.2, 0) is 0 Å². The molecular weight excluding hydrogens is 731 g/mol. The van der Waals surface area contributed by atoms with E-state index in [2.05, 4.69) is 161 Å². The van der Waals surface area contributed by atoms with Gasteiger partial charge in [0.15, 0.2) is 0 Å². The van der Waals surface area contributed by atoms with Crippen LogP contribution >= 0.6 is 0 Å². The predicted octanol–water partition coefficient (Wildman–Crippen LogP) is 13.7. The third kappa shape index (κ3) is 5.81. The number of nitrogens with zero attached hydrogens (tertiary/aromatic N) is 5. The Labute approximate surface area is 346 Å². The summed E-state index contributed by atoms with van der Waals surface area (Å²) in [5, 5.41) is 23.3. The highest BCUT2D eigenvalue weighted by Crippen LogP contribution is 2.39. The fraction of sp³-hybridized carbons (Fsp3) is 0. The van der Waals surface area contributed by atoms with Crippen molar-refractivity contribution in [1.82, 2.24) is 14.1 Å². The van der Waals surface area contributed by atoms with Gasteiger partial charge in [-0.2, -0.15) is 10.5 Å². The van der Waals surface area contributed by atoms with E-state index in [4.69, 9.17) is 4.98 Å². The normalized spacial score (nSPS) is 11.3. The van der Waals surface area contributed by atoms with E-state index in [1.165, 1.54) is 0 Å². The molecule has 0 aliphatic rings. The molecule has 0 spiro atoms. The molecule has 0 saturated carbocycles. The summed E-state index contributed by atoms with van der Waals surface area (Å²) in [5.74, 6) is 0. The minimum atomic E-state index is 0.646. The quantitative estimate of drug-likeness (QED) is 0.169. The zero-order valence-electron chi connectivity index (χ0n) is 32.3. The maximum atomic E-state index is 9.38. The van der Waals surface area contributed by atoms with Gasteiger partial charge in [-0.3, -0.25) is 0 Å². The Balaban J connectivity index is 1.05.